The smallest absolute Gasteiger partial charge is 0.261 e. The van der Waals surface area contributed by atoms with Crippen LogP contribution in [0.5, 0.6) is 0 Å². The summed E-state index contributed by atoms with van der Waals surface area (Å²) in [7, 11) is 0. The molecule has 0 aliphatic rings. The van der Waals surface area contributed by atoms with Crippen molar-refractivity contribution < 1.29 is 9.90 Å². The predicted molar refractivity (Wildman–Crippen MR) is 123 cm³/mol. The van der Waals surface area contributed by atoms with E-state index in [-0.39, 0.29) is 11.3 Å². The summed E-state index contributed by atoms with van der Waals surface area (Å²) in [5.74, 6) is -0.569. The summed E-state index contributed by atoms with van der Waals surface area (Å²) < 4.78 is 0. The van der Waals surface area contributed by atoms with Crippen LogP contribution in [0.2, 0.25) is 0 Å². The van der Waals surface area contributed by atoms with Crippen LogP contribution in [0.3, 0.4) is 0 Å². The van der Waals surface area contributed by atoms with E-state index in [0.29, 0.717) is 16.9 Å². The van der Waals surface area contributed by atoms with Crippen LogP contribution in [0.25, 0.3) is 16.5 Å². The first-order valence-electron chi connectivity index (χ1n) is 9.59. The zero-order chi connectivity index (χ0) is 20.8. The van der Waals surface area contributed by atoms with E-state index < -0.39 is 5.91 Å². The number of benzene rings is 4. The molecule has 0 aromatic heterocycles. The fourth-order valence-corrected chi connectivity index (χ4v) is 3.16. The highest BCUT2D eigenvalue weighted by Crippen LogP contribution is 2.24. The highest BCUT2D eigenvalue weighted by Gasteiger charge is 2.16. The summed E-state index contributed by atoms with van der Waals surface area (Å²) in [5.41, 5.74) is 1.98. The van der Waals surface area contributed by atoms with E-state index in [0.717, 1.165) is 10.8 Å². The molecular formula is C26H20N2O2. The Kier molecular flexibility index (Phi) is 5.67. The quantitative estimate of drug-likeness (QED) is 0.243. The van der Waals surface area contributed by atoms with E-state index in [1.54, 1.807) is 24.3 Å². The molecule has 0 saturated heterocycles. The average Bonchev–Trinajstić information content (AvgIpc) is 2.80. The number of amides is 1. The topological polar surface area (TPSA) is 61.7 Å². The van der Waals surface area contributed by atoms with Crippen molar-refractivity contribution in [3.05, 3.63) is 114 Å². The second-order valence-electron chi connectivity index (χ2n) is 6.70. The number of rotatable bonds is 5. The standard InChI is InChI=1S/C26H20N2O2/c29-25(20-11-3-1-4-12-20)23(18-27-21-14-5-2-6-15-21)26(30)28-24-17-9-13-19-10-7-8-16-22(19)24/h1-18,29H,(H,28,30)/b25-23-,27-18?. The van der Waals surface area contributed by atoms with Crippen LogP contribution in [-0.2, 0) is 4.79 Å². The van der Waals surface area contributed by atoms with Crippen molar-refractivity contribution in [1.29, 1.82) is 0 Å². The molecule has 4 aromatic rings. The molecule has 4 rings (SSSR count). The predicted octanol–water partition coefficient (Wildman–Crippen LogP) is 6.15. The maximum Gasteiger partial charge on any atom is 0.261 e. The molecule has 4 heteroatoms. The number of hydrogen-bond donors (Lipinski definition) is 2. The molecule has 0 heterocycles. The van der Waals surface area contributed by atoms with Crippen LogP contribution in [0.4, 0.5) is 11.4 Å². The van der Waals surface area contributed by atoms with Gasteiger partial charge in [-0.05, 0) is 23.6 Å². The van der Waals surface area contributed by atoms with Crippen LogP contribution in [0.15, 0.2) is 114 Å². The fourth-order valence-electron chi connectivity index (χ4n) is 3.16. The number of anilines is 1. The monoisotopic (exact) mass is 392 g/mol. The second kappa shape index (κ2) is 8.88. The third-order valence-corrected chi connectivity index (χ3v) is 4.68. The number of para-hydroxylation sites is 1. The number of nitrogens with one attached hydrogen (secondary N) is 1. The Hall–Kier alpha value is -4.18. The van der Waals surface area contributed by atoms with Crippen molar-refractivity contribution in [2.24, 2.45) is 4.99 Å². The van der Waals surface area contributed by atoms with Gasteiger partial charge in [0.15, 0.2) is 0 Å². The van der Waals surface area contributed by atoms with Crippen molar-refractivity contribution in [3.8, 4) is 0 Å². The molecule has 30 heavy (non-hydrogen) atoms. The molecular weight excluding hydrogens is 372 g/mol. The molecule has 0 aliphatic heterocycles. The lowest BCUT2D eigenvalue weighted by atomic mass is 10.1. The van der Waals surface area contributed by atoms with Gasteiger partial charge in [-0.3, -0.25) is 9.79 Å². The van der Waals surface area contributed by atoms with Gasteiger partial charge in [-0.1, -0.05) is 84.9 Å². The van der Waals surface area contributed by atoms with Crippen molar-refractivity contribution in [2.75, 3.05) is 5.32 Å². The zero-order valence-electron chi connectivity index (χ0n) is 16.2. The molecule has 146 valence electrons. The number of carbonyl (C=O) groups excluding carboxylic acids is 1. The van der Waals surface area contributed by atoms with Gasteiger partial charge in [0, 0.05) is 22.9 Å². The average molecular weight is 392 g/mol. The summed E-state index contributed by atoms with van der Waals surface area (Å²) in [6.07, 6.45) is 1.40. The van der Waals surface area contributed by atoms with Crippen molar-refractivity contribution in [3.63, 3.8) is 0 Å². The third-order valence-electron chi connectivity index (χ3n) is 4.68. The van der Waals surface area contributed by atoms with Gasteiger partial charge in [0.05, 0.1) is 5.69 Å². The highest BCUT2D eigenvalue weighted by atomic mass is 16.3. The Morgan fingerprint density at radius 2 is 1.40 bits per heavy atom. The molecule has 0 saturated carbocycles. The van der Waals surface area contributed by atoms with E-state index in [1.165, 1.54) is 6.21 Å². The van der Waals surface area contributed by atoms with E-state index in [1.807, 2.05) is 78.9 Å². The van der Waals surface area contributed by atoms with Gasteiger partial charge in [0.1, 0.15) is 11.3 Å². The van der Waals surface area contributed by atoms with E-state index in [2.05, 4.69) is 10.3 Å². The van der Waals surface area contributed by atoms with Gasteiger partial charge in [0.25, 0.3) is 5.91 Å². The normalized spacial score (nSPS) is 12.0. The molecule has 0 atom stereocenters. The number of aliphatic hydroxyl groups excluding tert-OH is 1. The number of fused-ring (bicyclic) bond motifs is 1. The van der Waals surface area contributed by atoms with E-state index >= 15 is 0 Å². The SMILES string of the molecule is O=C(Nc1cccc2ccccc12)/C(C=Nc1ccccc1)=C(\O)c1ccccc1. The molecule has 4 nitrogen and oxygen atoms in total. The summed E-state index contributed by atoms with van der Waals surface area (Å²) in [6.45, 7) is 0. The summed E-state index contributed by atoms with van der Waals surface area (Å²) in [4.78, 5) is 17.5. The van der Waals surface area contributed by atoms with Gasteiger partial charge in [0.2, 0.25) is 0 Å². The number of nitrogens with zero attached hydrogens (tertiary/aromatic N) is 1. The van der Waals surface area contributed by atoms with Gasteiger partial charge in [-0.25, -0.2) is 0 Å². The first kappa shape index (κ1) is 19.2. The minimum absolute atomic E-state index is 0.0815. The van der Waals surface area contributed by atoms with Gasteiger partial charge in [-0.15, -0.1) is 0 Å². The zero-order valence-corrected chi connectivity index (χ0v) is 16.2. The molecule has 0 unspecified atom stereocenters. The lowest BCUT2D eigenvalue weighted by molar-refractivity contribution is -0.112. The molecule has 0 spiro atoms. The number of aliphatic imine (C=N–C) groups is 1. The molecule has 1 amide bonds. The molecule has 0 bridgehead atoms. The fraction of sp³-hybridized carbons (Fsp3) is 0. The lowest BCUT2D eigenvalue weighted by Crippen LogP contribution is -2.17. The Labute approximate surface area is 174 Å². The maximum absolute atomic E-state index is 13.2. The Balaban J connectivity index is 1.73. The van der Waals surface area contributed by atoms with Crippen LogP contribution < -0.4 is 5.32 Å². The minimum atomic E-state index is -0.438. The first-order chi connectivity index (χ1) is 14.7. The van der Waals surface area contributed by atoms with Crippen molar-refractivity contribution in [2.45, 2.75) is 0 Å². The number of hydrogen-bond acceptors (Lipinski definition) is 3. The number of aliphatic hydroxyl groups is 1. The maximum atomic E-state index is 13.2. The summed E-state index contributed by atoms with van der Waals surface area (Å²) in [5, 5.41) is 15.7. The van der Waals surface area contributed by atoms with E-state index in [4.69, 9.17) is 0 Å². The lowest BCUT2D eigenvalue weighted by Gasteiger charge is -2.11. The van der Waals surface area contributed by atoms with Crippen LogP contribution in [0.1, 0.15) is 5.56 Å². The molecule has 0 aliphatic carbocycles. The molecule has 4 aromatic carbocycles. The van der Waals surface area contributed by atoms with Gasteiger partial charge in [-0.2, -0.15) is 0 Å². The summed E-state index contributed by atoms with van der Waals surface area (Å²) >= 11 is 0. The molecule has 2 N–H and O–H groups in total. The van der Waals surface area contributed by atoms with Gasteiger partial charge >= 0.3 is 0 Å². The Morgan fingerprint density at radius 3 is 2.17 bits per heavy atom. The second-order valence-corrected chi connectivity index (χ2v) is 6.70. The number of carbonyl (C=O) groups is 1. The minimum Gasteiger partial charge on any atom is -0.506 e. The van der Waals surface area contributed by atoms with E-state index in [9.17, 15) is 9.90 Å². The largest absolute Gasteiger partial charge is 0.506 e. The van der Waals surface area contributed by atoms with Crippen LogP contribution in [-0.4, -0.2) is 17.2 Å². The van der Waals surface area contributed by atoms with Crippen LogP contribution in [0, 0.1) is 0 Å². The third kappa shape index (κ3) is 4.28. The van der Waals surface area contributed by atoms with Crippen molar-refractivity contribution >= 4 is 40.0 Å². The Morgan fingerprint density at radius 1 is 0.767 bits per heavy atom. The van der Waals surface area contributed by atoms with Crippen molar-refractivity contribution in [1.82, 2.24) is 0 Å². The van der Waals surface area contributed by atoms with Crippen LogP contribution >= 0.6 is 0 Å². The molecule has 0 fully saturated rings. The van der Waals surface area contributed by atoms with Gasteiger partial charge < -0.3 is 10.4 Å². The summed E-state index contributed by atoms with van der Waals surface area (Å²) in [6, 6.07) is 31.8. The first-order valence-corrected chi connectivity index (χ1v) is 9.59. The molecule has 0 radical (unpaired) electrons. The highest BCUT2D eigenvalue weighted by molar-refractivity contribution is 6.23. The Bertz CT molecular complexity index is 1220.